The highest BCUT2D eigenvalue weighted by molar-refractivity contribution is 9.10. The third-order valence-corrected chi connectivity index (χ3v) is 19.8. The van der Waals surface area contributed by atoms with Crippen LogP contribution in [0.15, 0.2) is 129 Å². The molecular formula is C69H74BBrF3N9O11. The highest BCUT2D eigenvalue weighted by atomic mass is 79.9. The number of nitrogens with two attached hydrogens (primary N) is 3. The number of nitrogens with zero attached hydrogens (tertiary/aromatic N) is 6. The van der Waals surface area contributed by atoms with E-state index < -0.39 is 46.4 Å². The largest absolute Gasteiger partial charge is 0.488 e. The van der Waals surface area contributed by atoms with Gasteiger partial charge in [0.25, 0.3) is 17.7 Å². The molecule has 9 aliphatic rings. The van der Waals surface area contributed by atoms with Crippen molar-refractivity contribution in [3.63, 3.8) is 0 Å². The molecule has 8 N–H and O–H groups in total. The molecule has 6 spiro atoms. The number of aryl methyl sites for hydroxylation is 3. The Hall–Kier alpha value is -8.33. The number of benzene rings is 6. The number of ether oxygens (including phenoxy) is 6. The number of carbonyl (C=O) groups excluding carboxylic acids is 3. The highest BCUT2D eigenvalue weighted by Gasteiger charge is 2.61. The van der Waals surface area contributed by atoms with Crippen LogP contribution in [0.25, 0.3) is 22.3 Å². The Balaban J connectivity index is 0.000000126. The fraction of sp³-hybridized carbons (Fsp3) is 0.391. The summed E-state index contributed by atoms with van der Waals surface area (Å²) >= 11 is 3.47. The van der Waals surface area contributed by atoms with Gasteiger partial charge in [-0.05, 0) is 177 Å². The molecule has 3 fully saturated rings. The summed E-state index contributed by atoms with van der Waals surface area (Å²) in [5.74, 6) is 0.966. The fourth-order valence-corrected chi connectivity index (χ4v) is 14.8. The van der Waals surface area contributed by atoms with E-state index in [1.807, 2.05) is 68.4 Å². The molecule has 9 aliphatic heterocycles. The number of halogens is 4. The number of likely N-dealkylation sites (N-methyl/N-ethyl adjacent to an activating group) is 3. The monoisotopic (exact) mass is 1350 g/mol. The third-order valence-electron chi connectivity index (χ3n) is 19.3. The molecule has 6 atom stereocenters. The summed E-state index contributed by atoms with van der Waals surface area (Å²) in [6.07, 6.45) is 6.21. The van der Waals surface area contributed by atoms with Gasteiger partial charge in [-0.2, -0.15) is 0 Å². The van der Waals surface area contributed by atoms with Crippen molar-refractivity contribution >= 4 is 64.1 Å². The van der Waals surface area contributed by atoms with Crippen LogP contribution in [0.4, 0.5) is 13.2 Å². The predicted octanol–water partition coefficient (Wildman–Crippen LogP) is 7.81. The Kier molecular flexibility index (Phi) is 17.6. The number of aliphatic imine (C=N–C) groups is 3. The van der Waals surface area contributed by atoms with E-state index in [1.54, 1.807) is 40.2 Å². The molecule has 6 aromatic carbocycles. The third kappa shape index (κ3) is 11.9. The smallest absolute Gasteiger partial charge is 0.484 e. The molecule has 15 rings (SSSR count). The van der Waals surface area contributed by atoms with E-state index in [2.05, 4.69) is 30.9 Å². The highest BCUT2D eigenvalue weighted by Crippen LogP contribution is 2.55. The SMILES string of the molecule is CN1C(=O)C2(CC3(CCCOC3)Oc3ccc(Br)cc32)N=C1N.Cc1ccc(F)cc1-c1ccc2c(c1)[C@]1(C[C@@]3(CCCOC3)O2)N=C(N)N(C)C1=O.Cc1ccc(F)cc1-c1ccc2c(c1)[C@]1(C[C@]3(CCCOC3)O2)N=C(N)N(C)C1=O.Cc1ccc(F)cc1B(O)O. The second-order valence-corrected chi connectivity index (χ2v) is 26.7. The van der Waals surface area contributed by atoms with E-state index in [4.69, 9.17) is 55.7 Å². The summed E-state index contributed by atoms with van der Waals surface area (Å²) in [7, 11) is 3.34. The van der Waals surface area contributed by atoms with Crippen molar-refractivity contribution < 1.29 is 66.0 Å². The lowest BCUT2D eigenvalue weighted by Gasteiger charge is -2.46. The zero-order valence-corrected chi connectivity index (χ0v) is 54.7. The normalized spacial score (nSPS) is 27.0. The van der Waals surface area contributed by atoms with Gasteiger partial charge in [-0.3, -0.25) is 29.1 Å². The van der Waals surface area contributed by atoms with E-state index in [-0.39, 0.29) is 52.7 Å². The molecule has 3 saturated heterocycles. The lowest BCUT2D eigenvalue weighted by atomic mass is 9.73. The molecule has 0 aromatic heterocycles. The second kappa shape index (κ2) is 25.1. The van der Waals surface area contributed by atoms with Crippen LogP contribution in [0.2, 0.25) is 0 Å². The van der Waals surface area contributed by atoms with Gasteiger partial charge < -0.3 is 55.7 Å². The van der Waals surface area contributed by atoms with Gasteiger partial charge in [0.2, 0.25) is 0 Å². The van der Waals surface area contributed by atoms with Gasteiger partial charge in [0.15, 0.2) is 34.5 Å². The maximum absolute atomic E-state index is 13.9. The van der Waals surface area contributed by atoms with Crippen LogP contribution < -0.4 is 36.9 Å². The summed E-state index contributed by atoms with van der Waals surface area (Å²) in [6.45, 7) is 8.93. The standard InChI is InChI=1S/2C23H24FN3O3.C16H18BrN3O3.C7H8BFO2/c2*1-14-4-6-16(24)11-17(14)15-5-7-19-18(10-15)23(20(28)27(2)21(25)26-23)12-22(30-19)8-3-9-29-13-22;1-20-13(21)16(19-14(20)18)8-15(5-2-6-22-9-15)23-12-4-3-10(17)7-11(12)16;1-5-2-3-6(9)4-7(5)8(10)11/h2*4-7,10-11H,3,8-9,12-13H2,1-2H3,(H2,25,26);3-4,7H,2,5-6,8-9H2,1H3,(H2,18,19);2-4,10-11H,1H3/t22-,23+;22-,23-;;/m10../s1. The number of rotatable bonds is 3. The Labute approximate surface area is 551 Å². The van der Waals surface area contributed by atoms with Gasteiger partial charge in [-0.15, -0.1) is 0 Å². The molecular weight excluding hydrogens is 1280 g/mol. The molecule has 94 heavy (non-hydrogen) atoms. The summed E-state index contributed by atoms with van der Waals surface area (Å²) in [5, 5.41) is 17.4. The first-order valence-electron chi connectivity index (χ1n) is 31.2. The quantitative estimate of drug-likeness (QED) is 0.106. The van der Waals surface area contributed by atoms with Crippen LogP contribution in [0, 0.1) is 38.2 Å². The first-order chi connectivity index (χ1) is 44.7. The van der Waals surface area contributed by atoms with Crippen LogP contribution in [0.5, 0.6) is 17.2 Å². The molecule has 20 nitrogen and oxygen atoms in total. The van der Waals surface area contributed by atoms with Crippen LogP contribution in [-0.4, -0.2) is 145 Å². The molecule has 0 bridgehead atoms. The van der Waals surface area contributed by atoms with Crippen molar-refractivity contribution in [3.8, 4) is 39.5 Å². The maximum atomic E-state index is 13.9. The predicted molar refractivity (Wildman–Crippen MR) is 351 cm³/mol. The molecule has 0 aliphatic carbocycles. The molecule has 2 unspecified atom stereocenters. The zero-order chi connectivity index (χ0) is 66.9. The Bertz CT molecular complexity index is 3950. The average molecular weight is 1350 g/mol. The number of carbonyl (C=O) groups is 3. The van der Waals surface area contributed by atoms with Crippen molar-refractivity contribution in [1.82, 2.24) is 14.7 Å². The van der Waals surface area contributed by atoms with Gasteiger partial charge in [0.1, 0.15) is 51.5 Å². The van der Waals surface area contributed by atoms with Gasteiger partial charge in [0.05, 0.1) is 19.8 Å². The molecule has 9 heterocycles. The number of hydrogen-bond acceptors (Lipinski definition) is 17. The molecule has 3 amide bonds. The Morgan fingerprint density at radius 1 is 0.479 bits per heavy atom. The van der Waals surface area contributed by atoms with Crippen LogP contribution in [0.3, 0.4) is 0 Å². The minimum atomic E-state index is -1.59. The number of hydrogen-bond donors (Lipinski definition) is 5. The molecule has 492 valence electrons. The van der Waals surface area contributed by atoms with Crippen LogP contribution >= 0.6 is 15.9 Å². The molecule has 25 heteroatoms. The van der Waals surface area contributed by atoms with Crippen molar-refractivity contribution in [3.05, 3.63) is 164 Å². The van der Waals surface area contributed by atoms with Crippen molar-refractivity contribution in [2.45, 2.75) is 112 Å². The minimum Gasteiger partial charge on any atom is -0.484 e. The minimum absolute atomic E-state index is 0.109. The van der Waals surface area contributed by atoms with Gasteiger partial charge in [-0.1, -0.05) is 51.8 Å². The molecule has 0 saturated carbocycles. The van der Waals surface area contributed by atoms with Crippen molar-refractivity contribution in [1.29, 1.82) is 0 Å². The van der Waals surface area contributed by atoms with E-state index in [0.29, 0.717) is 86.2 Å². The molecule has 6 aromatic rings. The second-order valence-electron chi connectivity index (χ2n) is 25.8. The zero-order valence-electron chi connectivity index (χ0n) is 53.1. The first kappa shape index (κ1) is 65.7. The van der Waals surface area contributed by atoms with E-state index in [0.717, 1.165) is 94.6 Å². The Morgan fingerprint density at radius 3 is 1.14 bits per heavy atom. The van der Waals surface area contributed by atoms with E-state index >= 15 is 0 Å². The van der Waals surface area contributed by atoms with E-state index in [9.17, 15) is 27.6 Å². The number of guanidine groups is 3. The molecule has 0 radical (unpaired) electrons. The van der Waals surface area contributed by atoms with Gasteiger partial charge in [0, 0.05) is 81.4 Å². The fourth-order valence-electron chi connectivity index (χ4n) is 14.4. The van der Waals surface area contributed by atoms with Crippen LogP contribution in [-0.2, 0) is 45.2 Å². The number of fused-ring (bicyclic) bond motifs is 6. The first-order valence-corrected chi connectivity index (χ1v) is 32.0. The maximum Gasteiger partial charge on any atom is 0.488 e. The van der Waals surface area contributed by atoms with Crippen LogP contribution in [0.1, 0.15) is 91.2 Å². The van der Waals surface area contributed by atoms with Gasteiger partial charge >= 0.3 is 7.12 Å². The van der Waals surface area contributed by atoms with Crippen molar-refractivity contribution in [2.24, 2.45) is 32.2 Å². The van der Waals surface area contributed by atoms with Crippen molar-refractivity contribution in [2.75, 3.05) is 60.8 Å². The lowest BCUT2D eigenvalue weighted by molar-refractivity contribution is -0.139. The average Bonchev–Trinajstić information content (AvgIpc) is 1.41. The summed E-state index contributed by atoms with van der Waals surface area (Å²) < 4.78 is 77.5. The Morgan fingerprint density at radius 2 is 0.819 bits per heavy atom. The van der Waals surface area contributed by atoms with E-state index in [1.165, 1.54) is 51.1 Å². The lowest BCUT2D eigenvalue weighted by Crippen LogP contribution is -2.55. The topological polar surface area (TPSA) is 272 Å². The number of amides is 3. The van der Waals surface area contributed by atoms with Gasteiger partial charge in [-0.25, -0.2) is 28.1 Å². The summed E-state index contributed by atoms with van der Waals surface area (Å²) in [6, 6.07) is 30.2. The summed E-state index contributed by atoms with van der Waals surface area (Å²) in [4.78, 5) is 58.0. The summed E-state index contributed by atoms with van der Waals surface area (Å²) in [5.41, 5.74) is 21.0.